The third-order valence-corrected chi connectivity index (χ3v) is 5.67. The predicted octanol–water partition coefficient (Wildman–Crippen LogP) is 3.47. The van der Waals surface area contributed by atoms with Gasteiger partial charge in [0.05, 0.1) is 24.2 Å². The van der Waals surface area contributed by atoms with Crippen molar-refractivity contribution in [3.63, 3.8) is 0 Å². The summed E-state index contributed by atoms with van der Waals surface area (Å²) in [5.41, 5.74) is 1.65. The Kier molecular flexibility index (Phi) is 5.40. The van der Waals surface area contributed by atoms with Gasteiger partial charge in [-0.15, -0.1) is 0 Å². The maximum atomic E-state index is 9.93. The summed E-state index contributed by atoms with van der Waals surface area (Å²) in [5.74, 6) is 2.22. The lowest BCUT2D eigenvalue weighted by Gasteiger charge is -2.29. The van der Waals surface area contributed by atoms with Crippen LogP contribution < -0.4 is 10.6 Å². The van der Waals surface area contributed by atoms with E-state index in [0.29, 0.717) is 29.1 Å². The summed E-state index contributed by atoms with van der Waals surface area (Å²) in [6.45, 7) is 6.45. The molecule has 9 heteroatoms. The number of nitrogens with one attached hydrogen (secondary N) is 4. The zero-order valence-electron chi connectivity index (χ0n) is 17.3. The van der Waals surface area contributed by atoms with E-state index in [0.717, 1.165) is 23.9 Å². The molecule has 0 aromatic carbocycles. The number of aromatic nitrogens is 6. The number of aliphatic hydroxyl groups excluding tert-OH is 1. The molecule has 0 radical (unpaired) electrons. The van der Waals surface area contributed by atoms with Crippen molar-refractivity contribution in [1.29, 1.82) is 0 Å². The van der Waals surface area contributed by atoms with Gasteiger partial charge in [-0.3, -0.25) is 10.2 Å². The van der Waals surface area contributed by atoms with Gasteiger partial charge in [0.1, 0.15) is 5.82 Å². The number of fused-ring (bicyclic) bond motifs is 1. The topological polar surface area (TPSA) is 127 Å². The highest BCUT2D eigenvalue weighted by Gasteiger charge is 2.24. The predicted molar refractivity (Wildman–Crippen MR) is 113 cm³/mol. The van der Waals surface area contributed by atoms with Gasteiger partial charge in [0, 0.05) is 17.2 Å². The molecule has 3 aromatic heterocycles. The quantitative estimate of drug-likeness (QED) is 0.430. The zero-order chi connectivity index (χ0) is 20.4. The molecule has 1 atom stereocenters. The molecule has 3 heterocycles. The Morgan fingerprint density at radius 3 is 2.66 bits per heavy atom. The van der Waals surface area contributed by atoms with Gasteiger partial charge in [0.2, 0.25) is 5.95 Å². The van der Waals surface area contributed by atoms with E-state index in [2.05, 4.69) is 61.8 Å². The van der Waals surface area contributed by atoms with Crippen molar-refractivity contribution in [2.24, 2.45) is 5.92 Å². The molecule has 1 saturated carbocycles. The van der Waals surface area contributed by atoms with Crippen LogP contribution in [0, 0.1) is 5.92 Å². The maximum Gasteiger partial charge on any atom is 0.227 e. The number of H-pyrrole nitrogens is 2. The highest BCUT2D eigenvalue weighted by Crippen LogP contribution is 2.29. The van der Waals surface area contributed by atoms with Crippen molar-refractivity contribution >= 4 is 28.6 Å². The number of hydrogen-bond acceptors (Lipinski definition) is 7. The molecule has 1 aliphatic carbocycles. The summed E-state index contributed by atoms with van der Waals surface area (Å²) in [7, 11) is 0. The summed E-state index contributed by atoms with van der Waals surface area (Å²) in [6, 6.07) is 1.93. The average Bonchev–Trinajstić information content (AvgIpc) is 3.36. The fraction of sp³-hybridized carbons (Fsp3) is 0.600. The van der Waals surface area contributed by atoms with E-state index in [4.69, 9.17) is 0 Å². The minimum absolute atomic E-state index is 0.0232. The molecule has 1 aliphatic rings. The molecular weight excluding hydrogens is 368 g/mol. The van der Waals surface area contributed by atoms with Crippen LogP contribution >= 0.6 is 0 Å². The van der Waals surface area contributed by atoms with Gasteiger partial charge >= 0.3 is 0 Å². The largest absolute Gasteiger partial charge is 0.394 e. The van der Waals surface area contributed by atoms with Crippen molar-refractivity contribution in [2.75, 3.05) is 17.2 Å². The lowest BCUT2D eigenvalue weighted by Crippen LogP contribution is -2.34. The Hall–Kier alpha value is -2.68. The van der Waals surface area contributed by atoms with Crippen molar-refractivity contribution in [1.82, 2.24) is 30.4 Å². The van der Waals surface area contributed by atoms with Crippen LogP contribution in [-0.2, 0) is 5.41 Å². The third kappa shape index (κ3) is 4.34. The average molecular weight is 399 g/mol. The Morgan fingerprint density at radius 2 is 1.97 bits per heavy atom. The fourth-order valence-corrected chi connectivity index (χ4v) is 3.90. The standard InChI is InChI=1S/C20H30N8O/c1-20(2,3)15-9-16(27-26-15)23-17-13-10-21-28-18(13)25-19(24-17)22-14(11-29)12-7-5-4-6-8-12/h9-10,12,14,29H,4-8,11H2,1-3H3,(H4,21,22,23,24,25,26,27,28). The fourth-order valence-electron chi connectivity index (χ4n) is 3.90. The van der Waals surface area contributed by atoms with Gasteiger partial charge in [-0.25, -0.2) is 0 Å². The van der Waals surface area contributed by atoms with Gasteiger partial charge in [0.15, 0.2) is 11.5 Å². The van der Waals surface area contributed by atoms with E-state index in [1.807, 2.05) is 6.07 Å². The van der Waals surface area contributed by atoms with Gasteiger partial charge in [0.25, 0.3) is 0 Å². The summed E-state index contributed by atoms with van der Waals surface area (Å²) in [6.07, 6.45) is 7.65. The first-order chi connectivity index (χ1) is 13.9. The molecular formula is C20H30N8O. The molecule has 1 fully saturated rings. The van der Waals surface area contributed by atoms with Crippen LogP contribution in [0.1, 0.15) is 58.6 Å². The first kappa shape index (κ1) is 19.6. The first-order valence-corrected chi connectivity index (χ1v) is 10.4. The number of anilines is 3. The van der Waals surface area contributed by atoms with Crippen LogP contribution in [0.3, 0.4) is 0 Å². The second-order valence-corrected chi connectivity index (χ2v) is 8.90. The number of hydrogen-bond donors (Lipinski definition) is 5. The van der Waals surface area contributed by atoms with Gasteiger partial charge < -0.3 is 15.7 Å². The zero-order valence-corrected chi connectivity index (χ0v) is 17.3. The Balaban J connectivity index is 1.59. The van der Waals surface area contributed by atoms with Crippen LogP contribution in [0.25, 0.3) is 11.0 Å². The summed E-state index contributed by atoms with van der Waals surface area (Å²) in [4.78, 5) is 9.21. The maximum absolute atomic E-state index is 9.93. The lowest BCUT2D eigenvalue weighted by molar-refractivity contribution is 0.209. The smallest absolute Gasteiger partial charge is 0.227 e. The van der Waals surface area contributed by atoms with Gasteiger partial charge in [-0.05, 0) is 18.8 Å². The van der Waals surface area contributed by atoms with Crippen molar-refractivity contribution < 1.29 is 5.11 Å². The van der Waals surface area contributed by atoms with Crippen molar-refractivity contribution in [3.05, 3.63) is 18.0 Å². The molecule has 0 spiro atoms. The highest BCUT2D eigenvalue weighted by molar-refractivity contribution is 5.88. The van der Waals surface area contributed by atoms with E-state index in [1.165, 1.54) is 19.3 Å². The normalized spacial score (nSPS) is 16.8. The first-order valence-electron chi connectivity index (χ1n) is 10.4. The molecule has 0 bridgehead atoms. The van der Waals surface area contributed by atoms with E-state index >= 15 is 0 Å². The van der Waals surface area contributed by atoms with Crippen LogP contribution in [-0.4, -0.2) is 48.1 Å². The number of nitrogens with zero attached hydrogens (tertiary/aromatic N) is 4. The van der Waals surface area contributed by atoms with Crippen LogP contribution in [0.15, 0.2) is 12.3 Å². The molecule has 4 rings (SSSR count). The monoisotopic (exact) mass is 398 g/mol. The summed E-state index contributed by atoms with van der Waals surface area (Å²) < 4.78 is 0. The number of aromatic amines is 2. The van der Waals surface area contributed by atoms with Crippen molar-refractivity contribution in [2.45, 2.75) is 64.3 Å². The minimum Gasteiger partial charge on any atom is -0.394 e. The Morgan fingerprint density at radius 1 is 1.17 bits per heavy atom. The highest BCUT2D eigenvalue weighted by atomic mass is 16.3. The van der Waals surface area contributed by atoms with Gasteiger partial charge in [-0.2, -0.15) is 20.2 Å². The molecule has 0 saturated heterocycles. The van der Waals surface area contributed by atoms with E-state index < -0.39 is 0 Å². The number of aliphatic hydroxyl groups is 1. The molecule has 0 amide bonds. The van der Waals surface area contributed by atoms with Crippen LogP contribution in [0.4, 0.5) is 17.6 Å². The van der Waals surface area contributed by atoms with Crippen LogP contribution in [0.5, 0.6) is 0 Å². The van der Waals surface area contributed by atoms with E-state index in [9.17, 15) is 5.11 Å². The molecule has 3 aromatic rings. The van der Waals surface area contributed by atoms with E-state index in [-0.39, 0.29) is 18.1 Å². The Bertz CT molecular complexity index is 951. The SMILES string of the molecule is CC(C)(C)c1cc(Nc2nc(NC(CO)C3CCCCC3)nc3[nH]ncc23)n[nH]1. The summed E-state index contributed by atoms with van der Waals surface area (Å²) in [5, 5.41) is 31.8. The third-order valence-electron chi connectivity index (χ3n) is 5.67. The molecule has 156 valence electrons. The molecule has 0 aliphatic heterocycles. The molecule has 29 heavy (non-hydrogen) atoms. The second kappa shape index (κ2) is 7.98. The molecule has 1 unspecified atom stereocenters. The second-order valence-electron chi connectivity index (χ2n) is 8.90. The minimum atomic E-state index is -0.0543. The lowest BCUT2D eigenvalue weighted by atomic mass is 9.84. The van der Waals surface area contributed by atoms with Crippen molar-refractivity contribution in [3.8, 4) is 0 Å². The molecule has 9 nitrogen and oxygen atoms in total. The number of rotatable bonds is 6. The van der Waals surface area contributed by atoms with Crippen LogP contribution in [0.2, 0.25) is 0 Å². The summed E-state index contributed by atoms with van der Waals surface area (Å²) >= 11 is 0. The molecule has 5 N–H and O–H groups in total. The van der Waals surface area contributed by atoms with E-state index in [1.54, 1.807) is 6.20 Å². The van der Waals surface area contributed by atoms with Gasteiger partial charge in [-0.1, -0.05) is 40.0 Å². The Labute approximate surface area is 170 Å².